The second kappa shape index (κ2) is 10.8. The lowest BCUT2D eigenvalue weighted by Crippen LogP contribution is -2.15. The lowest BCUT2D eigenvalue weighted by molar-refractivity contribution is 0.102. The van der Waals surface area contributed by atoms with Gasteiger partial charge < -0.3 is 10.6 Å². The Morgan fingerprint density at radius 2 is 1.83 bits per heavy atom. The lowest BCUT2D eigenvalue weighted by atomic mass is 10.1. The first kappa shape index (κ1) is 21.1. The van der Waals surface area contributed by atoms with E-state index in [1.807, 2.05) is 30.3 Å². The van der Waals surface area contributed by atoms with Gasteiger partial charge >= 0.3 is 0 Å². The summed E-state index contributed by atoms with van der Waals surface area (Å²) in [5.74, 6) is 2.01. The predicted octanol–water partition coefficient (Wildman–Crippen LogP) is 5.69. The lowest BCUT2D eigenvalue weighted by Gasteiger charge is -2.09. The third kappa shape index (κ3) is 6.73. The topological polar surface area (TPSA) is 54.0 Å². The Bertz CT molecular complexity index is 911. The van der Waals surface area contributed by atoms with E-state index in [0.717, 1.165) is 29.5 Å². The molecule has 0 aliphatic rings. The van der Waals surface area contributed by atoms with Gasteiger partial charge in [0.05, 0.1) is 0 Å². The first-order valence-corrected chi connectivity index (χ1v) is 10.9. The highest BCUT2D eigenvalue weighted by atomic mass is 32.2. The zero-order valence-electron chi connectivity index (χ0n) is 16.9. The Balaban J connectivity index is 1.57. The molecule has 150 valence electrons. The van der Waals surface area contributed by atoms with Crippen molar-refractivity contribution >= 4 is 23.5 Å². The van der Waals surface area contributed by atoms with Crippen molar-refractivity contribution in [2.75, 3.05) is 17.7 Å². The predicted molar refractivity (Wildman–Crippen MR) is 122 cm³/mol. The van der Waals surface area contributed by atoms with E-state index in [1.165, 1.54) is 11.3 Å². The molecule has 0 saturated carbocycles. The normalized spacial score (nSPS) is 10.9. The summed E-state index contributed by atoms with van der Waals surface area (Å²) in [6.45, 7) is 5.53. The highest BCUT2D eigenvalue weighted by Crippen LogP contribution is 2.25. The van der Waals surface area contributed by atoms with Crippen LogP contribution in [0.25, 0.3) is 11.1 Å². The average Bonchev–Trinajstić information content (AvgIpc) is 2.74. The van der Waals surface area contributed by atoms with Gasteiger partial charge in [0.2, 0.25) is 0 Å². The number of pyridine rings is 1. The fourth-order valence-corrected chi connectivity index (χ4v) is 3.58. The Kier molecular flexibility index (Phi) is 7.85. The molecule has 1 aromatic heterocycles. The number of anilines is 1. The molecule has 29 heavy (non-hydrogen) atoms. The van der Waals surface area contributed by atoms with Crippen molar-refractivity contribution in [2.45, 2.75) is 25.2 Å². The molecule has 0 saturated heterocycles. The third-order valence-corrected chi connectivity index (χ3v) is 5.38. The maximum absolute atomic E-state index is 12.2. The molecular formula is C24H27N3OS. The molecule has 0 aliphatic heterocycles. The third-order valence-electron chi connectivity index (χ3n) is 4.45. The summed E-state index contributed by atoms with van der Waals surface area (Å²) < 4.78 is 0. The van der Waals surface area contributed by atoms with Crippen LogP contribution < -0.4 is 10.6 Å². The van der Waals surface area contributed by atoms with Gasteiger partial charge in [-0.15, -0.1) is 11.8 Å². The highest BCUT2D eigenvalue weighted by Gasteiger charge is 2.07. The molecule has 4 nitrogen and oxygen atoms in total. The zero-order valence-corrected chi connectivity index (χ0v) is 17.7. The first-order valence-electron chi connectivity index (χ1n) is 9.88. The number of thioether (sulfide) groups is 1. The minimum absolute atomic E-state index is 0.158. The molecule has 0 aliphatic carbocycles. The van der Waals surface area contributed by atoms with Gasteiger partial charge in [0.1, 0.15) is 5.82 Å². The zero-order chi connectivity index (χ0) is 20.5. The molecule has 0 fully saturated rings. The second-order valence-corrected chi connectivity index (χ2v) is 8.30. The molecule has 5 heteroatoms. The maximum atomic E-state index is 12.2. The van der Waals surface area contributed by atoms with E-state index in [1.54, 1.807) is 30.1 Å². The van der Waals surface area contributed by atoms with Crippen molar-refractivity contribution in [3.05, 3.63) is 78.5 Å². The summed E-state index contributed by atoms with van der Waals surface area (Å²) in [7, 11) is 0. The Labute approximate surface area is 177 Å². The van der Waals surface area contributed by atoms with Crippen molar-refractivity contribution in [2.24, 2.45) is 5.92 Å². The number of carbonyl (C=O) groups is 1. The van der Waals surface area contributed by atoms with E-state index in [0.29, 0.717) is 11.4 Å². The van der Waals surface area contributed by atoms with Crippen LogP contribution in [0.15, 0.2) is 77.8 Å². The number of rotatable bonds is 9. The quantitative estimate of drug-likeness (QED) is 0.273. The van der Waals surface area contributed by atoms with Crippen molar-refractivity contribution in [3.63, 3.8) is 0 Å². The number of nitrogens with zero attached hydrogens (tertiary/aromatic N) is 1. The van der Waals surface area contributed by atoms with Gasteiger partial charge in [-0.3, -0.25) is 4.79 Å². The monoisotopic (exact) mass is 405 g/mol. The summed E-state index contributed by atoms with van der Waals surface area (Å²) in [5, 5.41) is 6.31. The van der Waals surface area contributed by atoms with E-state index in [9.17, 15) is 4.79 Å². The number of aromatic nitrogens is 1. The minimum Gasteiger partial charge on any atom is -0.308 e. The summed E-state index contributed by atoms with van der Waals surface area (Å²) in [5.41, 5.74) is 2.76. The smallest absolute Gasteiger partial charge is 0.256 e. The van der Waals surface area contributed by atoms with Crippen molar-refractivity contribution in [1.82, 2.24) is 10.3 Å². The molecule has 3 rings (SSSR count). The molecule has 0 spiro atoms. The highest BCUT2D eigenvalue weighted by molar-refractivity contribution is 7.99. The van der Waals surface area contributed by atoms with Crippen molar-refractivity contribution in [3.8, 4) is 11.1 Å². The molecule has 0 unspecified atom stereocenters. The van der Waals surface area contributed by atoms with Gasteiger partial charge in [0.25, 0.3) is 5.91 Å². The van der Waals surface area contributed by atoms with Gasteiger partial charge in [-0.25, -0.2) is 4.98 Å². The molecule has 0 atom stereocenters. The maximum Gasteiger partial charge on any atom is 0.256 e. The van der Waals surface area contributed by atoms with Crippen LogP contribution in [0.1, 0.15) is 30.6 Å². The van der Waals surface area contributed by atoms with Gasteiger partial charge in [0, 0.05) is 28.1 Å². The summed E-state index contributed by atoms with van der Waals surface area (Å²) in [4.78, 5) is 17.9. The summed E-state index contributed by atoms with van der Waals surface area (Å²) in [6, 6.07) is 21.4. The van der Waals surface area contributed by atoms with E-state index < -0.39 is 0 Å². The largest absolute Gasteiger partial charge is 0.308 e. The molecular weight excluding hydrogens is 378 g/mol. The van der Waals surface area contributed by atoms with E-state index in [4.69, 9.17) is 0 Å². The van der Waals surface area contributed by atoms with Crippen molar-refractivity contribution in [1.29, 1.82) is 0 Å². The Morgan fingerprint density at radius 3 is 2.55 bits per heavy atom. The van der Waals surface area contributed by atoms with Gasteiger partial charge in [0.15, 0.2) is 0 Å². The van der Waals surface area contributed by atoms with E-state index >= 15 is 0 Å². The van der Waals surface area contributed by atoms with Gasteiger partial charge in [-0.2, -0.15) is 0 Å². The number of hydrogen-bond acceptors (Lipinski definition) is 4. The SMILES string of the molecule is CC(C)CCNCSc1cccc(-c2ccc(NC(=O)c3ccccc3)nc2)c1. The number of amides is 1. The number of hydrogen-bond donors (Lipinski definition) is 2. The minimum atomic E-state index is -0.158. The first-order chi connectivity index (χ1) is 14.1. The van der Waals surface area contributed by atoms with Crippen LogP contribution in [0.4, 0.5) is 5.82 Å². The van der Waals surface area contributed by atoms with Gasteiger partial charge in [-0.1, -0.05) is 44.2 Å². The van der Waals surface area contributed by atoms with Crippen LogP contribution in [-0.2, 0) is 0 Å². The van der Waals surface area contributed by atoms with Crippen molar-refractivity contribution < 1.29 is 4.79 Å². The summed E-state index contributed by atoms with van der Waals surface area (Å²) in [6.07, 6.45) is 2.99. The molecule has 1 amide bonds. The van der Waals surface area contributed by atoms with Crippen LogP contribution in [0.5, 0.6) is 0 Å². The molecule has 2 aromatic carbocycles. The standard InChI is InChI=1S/C24H27N3OS/c1-18(2)13-14-25-17-29-22-10-6-9-20(15-22)21-11-12-23(26-16-21)27-24(28)19-7-4-3-5-8-19/h3-12,15-16,18,25H,13-14,17H2,1-2H3,(H,26,27,28). The Hall–Kier alpha value is -2.63. The molecule has 0 bridgehead atoms. The van der Waals surface area contributed by atoms with E-state index in [2.05, 4.69) is 53.7 Å². The van der Waals surface area contributed by atoms with Gasteiger partial charge in [-0.05, 0) is 60.8 Å². The van der Waals surface area contributed by atoms with Crippen LogP contribution in [0, 0.1) is 5.92 Å². The second-order valence-electron chi connectivity index (χ2n) is 7.25. The van der Waals surface area contributed by atoms with Crippen LogP contribution in [-0.4, -0.2) is 23.3 Å². The molecule has 2 N–H and O–H groups in total. The molecule has 3 aromatic rings. The van der Waals surface area contributed by atoms with Crippen LogP contribution in [0.2, 0.25) is 0 Å². The Morgan fingerprint density at radius 1 is 1.00 bits per heavy atom. The number of nitrogens with one attached hydrogen (secondary N) is 2. The van der Waals surface area contributed by atoms with Crippen LogP contribution in [0.3, 0.4) is 0 Å². The van der Waals surface area contributed by atoms with E-state index in [-0.39, 0.29) is 5.91 Å². The summed E-state index contributed by atoms with van der Waals surface area (Å²) >= 11 is 1.80. The number of benzene rings is 2. The molecule has 0 radical (unpaired) electrons. The number of carbonyl (C=O) groups excluding carboxylic acids is 1. The molecule has 1 heterocycles. The average molecular weight is 406 g/mol. The van der Waals surface area contributed by atoms with Crippen LogP contribution >= 0.6 is 11.8 Å². The fraction of sp³-hybridized carbons (Fsp3) is 0.250. The fourth-order valence-electron chi connectivity index (χ4n) is 2.78.